The van der Waals surface area contributed by atoms with Crippen molar-refractivity contribution in [3.05, 3.63) is 29.3 Å². The van der Waals surface area contributed by atoms with Gasteiger partial charge in [-0.2, -0.15) is 4.31 Å². The van der Waals surface area contributed by atoms with Gasteiger partial charge in [0, 0.05) is 26.2 Å². The number of hydrogen-bond donors (Lipinski definition) is 1. The lowest BCUT2D eigenvalue weighted by Gasteiger charge is -2.42. The summed E-state index contributed by atoms with van der Waals surface area (Å²) in [6.07, 6.45) is 7.18. The number of nitrogens with one attached hydrogen (secondary N) is 1. The van der Waals surface area contributed by atoms with Crippen molar-refractivity contribution in [2.24, 2.45) is 11.8 Å². The van der Waals surface area contributed by atoms with Gasteiger partial charge in [-0.25, -0.2) is 18.1 Å². The number of aryl methyl sites for hydroxylation is 2. The van der Waals surface area contributed by atoms with Gasteiger partial charge in [-0.05, 0) is 73.6 Å². The number of fused-ring (bicyclic) bond motifs is 1. The molecule has 4 aliphatic rings. The minimum absolute atomic E-state index is 0.108. The molecule has 3 amide bonds. The van der Waals surface area contributed by atoms with Crippen LogP contribution < -0.4 is 5.32 Å². The molecule has 186 valence electrons. The normalized spacial score (nSPS) is 31.1. The monoisotopic (exact) mass is 488 g/mol. The van der Waals surface area contributed by atoms with Crippen LogP contribution in [-0.2, 0) is 27.7 Å². The molecule has 1 spiro atoms. The van der Waals surface area contributed by atoms with Gasteiger partial charge in [-0.1, -0.05) is 26.3 Å². The molecule has 34 heavy (non-hydrogen) atoms. The first-order chi connectivity index (χ1) is 16.2. The molecule has 9 heteroatoms. The maximum absolute atomic E-state index is 13.4. The Kier molecular flexibility index (Phi) is 6.23. The van der Waals surface area contributed by atoms with Gasteiger partial charge < -0.3 is 5.32 Å². The standard InChI is InChI=1S/C25H36N4O4S/c1-18-6-5-7-19(2)25(18)23(30)29(24(31)26-25)17-27-12-14-28(15-13-27)34(32,33)22-11-10-20-8-3-4-9-21(20)16-22/h10-11,16,18-19H,3-9,12-15,17H2,1-2H3,(H,26,31). The summed E-state index contributed by atoms with van der Waals surface area (Å²) in [5, 5.41) is 3.04. The number of nitrogens with zero attached hydrogens (tertiary/aromatic N) is 3. The van der Waals surface area contributed by atoms with E-state index in [4.69, 9.17) is 0 Å². The van der Waals surface area contributed by atoms with E-state index in [-0.39, 0.29) is 30.4 Å². The zero-order chi connectivity index (χ0) is 24.1. The van der Waals surface area contributed by atoms with Crippen LogP contribution in [0.15, 0.2) is 23.1 Å². The molecule has 2 atom stereocenters. The fourth-order valence-electron chi connectivity index (χ4n) is 6.41. The molecule has 1 aromatic rings. The summed E-state index contributed by atoms with van der Waals surface area (Å²) < 4.78 is 28.1. The molecule has 0 bridgehead atoms. The van der Waals surface area contributed by atoms with Gasteiger partial charge in [0.05, 0.1) is 11.6 Å². The second-order valence-corrected chi connectivity index (χ2v) is 12.5. The van der Waals surface area contributed by atoms with Crippen molar-refractivity contribution in [1.29, 1.82) is 0 Å². The van der Waals surface area contributed by atoms with E-state index in [1.165, 1.54) is 14.8 Å². The number of sulfonamides is 1. The minimum atomic E-state index is -3.56. The summed E-state index contributed by atoms with van der Waals surface area (Å²) in [5.41, 5.74) is 1.63. The van der Waals surface area contributed by atoms with Crippen molar-refractivity contribution in [3.63, 3.8) is 0 Å². The first-order valence-electron chi connectivity index (χ1n) is 12.7. The van der Waals surface area contributed by atoms with Crippen molar-refractivity contribution in [2.45, 2.75) is 69.2 Å². The molecule has 2 heterocycles. The van der Waals surface area contributed by atoms with Crippen LogP contribution in [0, 0.1) is 11.8 Å². The number of imide groups is 1. The fourth-order valence-corrected chi connectivity index (χ4v) is 7.89. The summed E-state index contributed by atoms with van der Waals surface area (Å²) >= 11 is 0. The van der Waals surface area contributed by atoms with Gasteiger partial charge in [-0.15, -0.1) is 0 Å². The highest BCUT2D eigenvalue weighted by Gasteiger charge is 2.58. The Morgan fingerprint density at radius 1 is 0.941 bits per heavy atom. The summed E-state index contributed by atoms with van der Waals surface area (Å²) in [4.78, 5) is 30.0. The third-order valence-electron chi connectivity index (χ3n) is 8.62. The number of hydrogen-bond acceptors (Lipinski definition) is 5. The number of carbonyl (C=O) groups excluding carboxylic acids is 2. The minimum Gasteiger partial charge on any atom is -0.323 e. The Morgan fingerprint density at radius 3 is 2.26 bits per heavy atom. The number of piperazine rings is 1. The second-order valence-electron chi connectivity index (χ2n) is 10.6. The molecule has 2 saturated heterocycles. The van der Waals surface area contributed by atoms with Crippen LogP contribution in [0.4, 0.5) is 4.79 Å². The SMILES string of the molecule is CC1CCCC(C)C12NC(=O)N(CN1CCN(S(=O)(=O)c3ccc4c(c3)CCCC4)CC1)C2=O. The Bertz CT molecular complexity index is 1070. The van der Waals surface area contributed by atoms with Gasteiger partial charge in [0.2, 0.25) is 10.0 Å². The van der Waals surface area contributed by atoms with Crippen LogP contribution in [0.3, 0.4) is 0 Å². The third-order valence-corrected chi connectivity index (χ3v) is 10.5. The first-order valence-corrected chi connectivity index (χ1v) is 14.2. The Hall–Kier alpha value is -1.97. The highest BCUT2D eigenvalue weighted by molar-refractivity contribution is 7.89. The molecule has 5 rings (SSSR count). The highest BCUT2D eigenvalue weighted by atomic mass is 32.2. The molecule has 3 fully saturated rings. The summed E-state index contributed by atoms with van der Waals surface area (Å²) in [6, 6.07) is 5.24. The molecule has 8 nitrogen and oxygen atoms in total. The molecule has 1 N–H and O–H groups in total. The van der Waals surface area contributed by atoms with Crippen molar-refractivity contribution in [3.8, 4) is 0 Å². The molecule has 0 aromatic heterocycles. The Morgan fingerprint density at radius 2 is 1.59 bits per heavy atom. The van der Waals surface area contributed by atoms with Crippen LogP contribution in [0.5, 0.6) is 0 Å². The molecular formula is C25H36N4O4S. The molecule has 2 aliphatic heterocycles. The van der Waals surface area contributed by atoms with Gasteiger partial charge in [0.25, 0.3) is 5.91 Å². The zero-order valence-electron chi connectivity index (χ0n) is 20.3. The average molecular weight is 489 g/mol. The number of benzene rings is 1. The van der Waals surface area contributed by atoms with E-state index >= 15 is 0 Å². The molecule has 2 aliphatic carbocycles. The predicted molar refractivity (Wildman–Crippen MR) is 129 cm³/mol. The lowest BCUT2D eigenvalue weighted by atomic mass is 9.67. The van der Waals surface area contributed by atoms with E-state index < -0.39 is 15.6 Å². The molecule has 1 saturated carbocycles. The van der Waals surface area contributed by atoms with Gasteiger partial charge in [0.15, 0.2) is 0 Å². The number of urea groups is 1. The maximum Gasteiger partial charge on any atom is 0.326 e. The van der Waals surface area contributed by atoms with Gasteiger partial charge in [0.1, 0.15) is 5.54 Å². The summed E-state index contributed by atoms with van der Waals surface area (Å²) in [5.74, 6) is 0.0916. The fraction of sp³-hybridized carbons (Fsp3) is 0.680. The van der Waals surface area contributed by atoms with E-state index in [0.717, 1.165) is 50.5 Å². The number of amides is 3. The van der Waals surface area contributed by atoms with Crippen molar-refractivity contribution >= 4 is 22.0 Å². The molecule has 1 aromatic carbocycles. The smallest absolute Gasteiger partial charge is 0.323 e. The van der Waals surface area contributed by atoms with Gasteiger partial charge in [-0.3, -0.25) is 9.69 Å². The summed E-state index contributed by atoms with van der Waals surface area (Å²) in [7, 11) is -3.56. The van der Waals surface area contributed by atoms with Gasteiger partial charge >= 0.3 is 6.03 Å². The van der Waals surface area contributed by atoms with E-state index in [1.807, 2.05) is 17.0 Å². The molecule has 0 radical (unpaired) electrons. The van der Waals surface area contributed by atoms with Crippen LogP contribution in [-0.4, -0.2) is 72.8 Å². The van der Waals surface area contributed by atoms with Crippen molar-refractivity contribution < 1.29 is 18.0 Å². The van der Waals surface area contributed by atoms with Crippen LogP contribution in [0.25, 0.3) is 0 Å². The average Bonchev–Trinajstić information content (AvgIpc) is 3.08. The van der Waals surface area contributed by atoms with Crippen molar-refractivity contribution in [1.82, 2.24) is 19.4 Å². The molecular weight excluding hydrogens is 452 g/mol. The zero-order valence-corrected chi connectivity index (χ0v) is 21.1. The lowest BCUT2D eigenvalue weighted by molar-refractivity contribution is -0.138. The van der Waals surface area contributed by atoms with E-state index in [1.54, 1.807) is 6.07 Å². The topological polar surface area (TPSA) is 90.0 Å². The largest absolute Gasteiger partial charge is 0.326 e. The first kappa shape index (κ1) is 23.8. The Labute approximate surface area is 202 Å². The van der Waals surface area contributed by atoms with Crippen molar-refractivity contribution in [2.75, 3.05) is 32.8 Å². The second kappa shape index (κ2) is 8.91. The third kappa shape index (κ3) is 3.85. The van der Waals surface area contributed by atoms with E-state index in [0.29, 0.717) is 31.1 Å². The number of rotatable bonds is 4. The quantitative estimate of drug-likeness (QED) is 0.658. The van der Waals surface area contributed by atoms with E-state index in [2.05, 4.69) is 19.2 Å². The summed E-state index contributed by atoms with van der Waals surface area (Å²) in [6.45, 7) is 5.99. The number of carbonyl (C=O) groups is 2. The Balaban J connectivity index is 1.23. The van der Waals surface area contributed by atoms with Crippen LogP contribution in [0.2, 0.25) is 0 Å². The lowest BCUT2D eigenvalue weighted by Crippen LogP contribution is -2.59. The highest BCUT2D eigenvalue weighted by Crippen LogP contribution is 2.42. The van der Waals surface area contributed by atoms with E-state index in [9.17, 15) is 18.0 Å². The predicted octanol–water partition coefficient (Wildman–Crippen LogP) is 2.58. The maximum atomic E-state index is 13.4. The van der Waals surface area contributed by atoms with Crippen LogP contribution >= 0.6 is 0 Å². The van der Waals surface area contributed by atoms with Crippen LogP contribution in [0.1, 0.15) is 57.1 Å². The molecule has 2 unspecified atom stereocenters.